The molecule has 1 saturated heterocycles. The zero-order valence-electron chi connectivity index (χ0n) is 11.5. The molecule has 1 unspecified atom stereocenters. The topological polar surface area (TPSA) is 106 Å². The highest BCUT2D eigenvalue weighted by Gasteiger charge is 2.34. The minimum Gasteiger partial charge on any atom is -0.288 e. The summed E-state index contributed by atoms with van der Waals surface area (Å²) in [4.78, 5) is 22.2. The summed E-state index contributed by atoms with van der Waals surface area (Å²) < 4.78 is 22.3. The lowest BCUT2D eigenvalue weighted by atomic mass is 10.1. The number of hydrogen-bond acceptors (Lipinski definition) is 6. The van der Waals surface area contributed by atoms with E-state index >= 15 is 0 Å². The van der Waals surface area contributed by atoms with Crippen molar-refractivity contribution in [3.8, 4) is 11.4 Å². The predicted octanol–water partition coefficient (Wildman–Crippen LogP) is 0.847. The SMILES string of the molecule is NS(=O)(=O)CC1CC(=O)N(c2nc(-c3ccccn3)cs2)C1. The molecule has 1 atom stereocenters. The normalized spacial score (nSPS) is 18.9. The number of primary sulfonamides is 1. The van der Waals surface area contributed by atoms with Gasteiger partial charge in [-0.2, -0.15) is 0 Å². The Morgan fingerprint density at radius 2 is 2.18 bits per heavy atom. The lowest BCUT2D eigenvalue weighted by molar-refractivity contribution is -0.117. The van der Waals surface area contributed by atoms with Gasteiger partial charge < -0.3 is 0 Å². The van der Waals surface area contributed by atoms with E-state index in [0.29, 0.717) is 17.4 Å². The van der Waals surface area contributed by atoms with E-state index in [-0.39, 0.29) is 24.0 Å². The Labute approximate surface area is 131 Å². The molecule has 0 spiro atoms. The summed E-state index contributed by atoms with van der Waals surface area (Å²) in [5, 5.41) is 7.44. The third-order valence-corrected chi connectivity index (χ3v) is 5.12. The number of thiazole rings is 1. The molecule has 1 fully saturated rings. The van der Waals surface area contributed by atoms with Crippen molar-refractivity contribution in [2.45, 2.75) is 6.42 Å². The van der Waals surface area contributed by atoms with Crippen molar-refractivity contribution in [2.75, 3.05) is 17.2 Å². The third kappa shape index (κ3) is 3.32. The molecule has 116 valence electrons. The minimum absolute atomic E-state index is 0.129. The Bertz CT molecular complexity index is 789. The Morgan fingerprint density at radius 1 is 1.36 bits per heavy atom. The van der Waals surface area contributed by atoms with Crippen molar-refractivity contribution in [3.63, 3.8) is 0 Å². The molecule has 0 aromatic carbocycles. The summed E-state index contributed by atoms with van der Waals surface area (Å²) >= 11 is 1.34. The van der Waals surface area contributed by atoms with Crippen LogP contribution in [-0.2, 0) is 14.8 Å². The van der Waals surface area contributed by atoms with Crippen LogP contribution >= 0.6 is 11.3 Å². The molecule has 0 aliphatic carbocycles. The number of nitrogens with two attached hydrogens (primary N) is 1. The highest BCUT2D eigenvalue weighted by molar-refractivity contribution is 7.89. The first-order chi connectivity index (χ1) is 10.4. The van der Waals surface area contributed by atoms with Crippen LogP contribution < -0.4 is 10.0 Å². The molecule has 2 N–H and O–H groups in total. The van der Waals surface area contributed by atoms with E-state index < -0.39 is 10.0 Å². The van der Waals surface area contributed by atoms with Crippen LogP contribution in [-0.4, -0.2) is 36.6 Å². The summed E-state index contributed by atoms with van der Waals surface area (Å²) in [5.74, 6) is -0.603. The van der Waals surface area contributed by atoms with Gasteiger partial charge in [-0.3, -0.25) is 14.7 Å². The van der Waals surface area contributed by atoms with E-state index in [1.165, 1.54) is 16.2 Å². The third-order valence-electron chi connectivity index (χ3n) is 3.32. The van der Waals surface area contributed by atoms with Gasteiger partial charge in [0, 0.05) is 30.5 Å². The lowest BCUT2D eigenvalue weighted by Gasteiger charge is -2.12. The minimum atomic E-state index is -3.58. The van der Waals surface area contributed by atoms with Crippen molar-refractivity contribution >= 4 is 32.4 Å². The van der Waals surface area contributed by atoms with Crippen LogP contribution in [0.15, 0.2) is 29.8 Å². The van der Waals surface area contributed by atoms with Crippen molar-refractivity contribution in [1.29, 1.82) is 0 Å². The smallest absolute Gasteiger partial charge is 0.229 e. The fourth-order valence-electron chi connectivity index (χ4n) is 2.43. The fourth-order valence-corrected chi connectivity index (χ4v) is 4.15. The van der Waals surface area contributed by atoms with Gasteiger partial charge in [-0.25, -0.2) is 18.5 Å². The Kier molecular flexibility index (Phi) is 3.94. The van der Waals surface area contributed by atoms with E-state index in [2.05, 4.69) is 9.97 Å². The molecule has 3 heterocycles. The number of carbonyl (C=O) groups excluding carboxylic acids is 1. The molecule has 2 aromatic heterocycles. The lowest BCUT2D eigenvalue weighted by Crippen LogP contribution is -2.27. The molecule has 0 radical (unpaired) electrons. The summed E-state index contributed by atoms with van der Waals surface area (Å²) in [6.45, 7) is 0.324. The van der Waals surface area contributed by atoms with Gasteiger partial charge in [0.2, 0.25) is 15.9 Å². The number of rotatable bonds is 4. The number of sulfonamides is 1. The van der Waals surface area contributed by atoms with Gasteiger partial charge in [-0.15, -0.1) is 11.3 Å². The second-order valence-electron chi connectivity index (χ2n) is 5.13. The van der Waals surface area contributed by atoms with Crippen LogP contribution in [0.4, 0.5) is 5.13 Å². The van der Waals surface area contributed by atoms with E-state index in [0.717, 1.165) is 5.69 Å². The number of carbonyl (C=O) groups is 1. The zero-order chi connectivity index (χ0) is 15.7. The molecule has 7 nitrogen and oxygen atoms in total. The van der Waals surface area contributed by atoms with Crippen LogP contribution in [0.1, 0.15) is 6.42 Å². The first-order valence-corrected chi connectivity index (χ1v) is 9.19. The van der Waals surface area contributed by atoms with Gasteiger partial charge >= 0.3 is 0 Å². The van der Waals surface area contributed by atoms with Gasteiger partial charge in [0.25, 0.3) is 0 Å². The maximum Gasteiger partial charge on any atom is 0.229 e. The Balaban J connectivity index is 1.78. The second kappa shape index (κ2) is 5.75. The first-order valence-electron chi connectivity index (χ1n) is 6.60. The highest BCUT2D eigenvalue weighted by Crippen LogP contribution is 2.31. The first kappa shape index (κ1) is 15.1. The Hall–Kier alpha value is -1.84. The van der Waals surface area contributed by atoms with E-state index in [1.54, 1.807) is 6.20 Å². The molecule has 22 heavy (non-hydrogen) atoms. The number of amides is 1. The van der Waals surface area contributed by atoms with Crippen molar-refractivity contribution in [3.05, 3.63) is 29.8 Å². The van der Waals surface area contributed by atoms with Gasteiger partial charge in [0.05, 0.1) is 11.4 Å². The fraction of sp³-hybridized carbons (Fsp3) is 0.308. The average Bonchev–Trinajstić information content (AvgIpc) is 3.05. The molecule has 0 bridgehead atoms. The monoisotopic (exact) mass is 338 g/mol. The van der Waals surface area contributed by atoms with Crippen molar-refractivity contribution in [1.82, 2.24) is 9.97 Å². The molecule has 1 aliphatic heterocycles. The van der Waals surface area contributed by atoms with E-state index in [4.69, 9.17) is 5.14 Å². The number of anilines is 1. The maximum atomic E-state index is 12.1. The summed E-state index contributed by atoms with van der Waals surface area (Å²) in [7, 11) is -3.58. The number of pyridine rings is 1. The number of hydrogen-bond donors (Lipinski definition) is 1. The maximum absolute atomic E-state index is 12.1. The van der Waals surface area contributed by atoms with Crippen LogP contribution in [0.3, 0.4) is 0 Å². The molecule has 2 aromatic rings. The summed E-state index contributed by atoms with van der Waals surface area (Å²) in [5.41, 5.74) is 1.43. The molecule has 0 saturated carbocycles. The van der Waals surface area contributed by atoms with Crippen LogP contribution in [0.5, 0.6) is 0 Å². The largest absolute Gasteiger partial charge is 0.288 e. The molecule has 1 amide bonds. The van der Waals surface area contributed by atoms with Gasteiger partial charge in [0.15, 0.2) is 5.13 Å². The van der Waals surface area contributed by atoms with Crippen molar-refractivity contribution in [2.24, 2.45) is 11.1 Å². The molecular weight excluding hydrogens is 324 g/mol. The zero-order valence-corrected chi connectivity index (χ0v) is 13.2. The Morgan fingerprint density at radius 3 is 2.86 bits per heavy atom. The van der Waals surface area contributed by atoms with Gasteiger partial charge in [-0.05, 0) is 12.1 Å². The summed E-state index contributed by atoms with van der Waals surface area (Å²) in [6.07, 6.45) is 1.85. The molecular formula is C13H14N4O3S2. The molecule has 9 heteroatoms. The molecule has 3 rings (SSSR count). The highest BCUT2D eigenvalue weighted by atomic mass is 32.2. The standard InChI is InChI=1S/C13H14N4O3S2/c14-22(19,20)8-9-5-12(18)17(6-9)13-16-11(7-21-13)10-3-1-2-4-15-10/h1-4,7,9H,5-6,8H2,(H2,14,19,20). The summed E-state index contributed by atoms with van der Waals surface area (Å²) in [6, 6.07) is 5.53. The quantitative estimate of drug-likeness (QED) is 0.889. The number of aromatic nitrogens is 2. The second-order valence-corrected chi connectivity index (χ2v) is 7.63. The van der Waals surface area contributed by atoms with Crippen molar-refractivity contribution < 1.29 is 13.2 Å². The van der Waals surface area contributed by atoms with Crippen LogP contribution in [0.25, 0.3) is 11.4 Å². The van der Waals surface area contributed by atoms with Gasteiger partial charge in [-0.1, -0.05) is 6.07 Å². The van der Waals surface area contributed by atoms with Gasteiger partial charge in [0.1, 0.15) is 5.69 Å². The van der Waals surface area contributed by atoms with E-state index in [1.807, 2.05) is 23.6 Å². The number of nitrogens with zero attached hydrogens (tertiary/aromatic N) is 3. The van der Waals surface area contributed by atoms with Crippen LogP contribution in [0, 0.1) is 5.92 Å². The average molecular weight is 338 g/mol. The van der Waals surface area contributed by atoms with Crippen LogP contribution in [0.2, 0.25) is 0 Å². The van der Waals surface area contributed by atoms with E-state index in [9.17, 15) is 13.2 Å². The predicted molar refractivity (Wildman–Crippen MR) is 83.8 cm³/mol. The molecule has 1 aliphatic rings.